The molecule has 3 aromatic rings. The molecule has 0 N–H and O–H groups in total. The normalized spacial score (nSPS) is 11.4. The molecule has 0 heterocycles. The van der Waals surface area contributed by atoms with Gasteiger partial charge in [-0.15, -0.1) is 0 Å². The van der Waals surface area contributed by atoms with Crippen LogP contribution in [0.3, 0.4) is 0 Å². The zero-order valence-electron chi connectivity index (χ0n) is 15.8. The van der Waals surface area contributed by atoms with Crippen LogP contribution in [0, 0.1) is 20.8 Å². The van der Waals surface area contributed by atoms with E-state index >= 15 is 0 Å². The zero-order valence-corrected chi connectivity index (χ0v) is 19.9. The molecule has 0 nitrogen and oxygen atoms in total. The quantitative estimate of drug-likeness (QED) is 0.287. The predicted molar refractivity (Wildman–Crippen MR) is 123 cm³/mol. The fourth-order valence-electron chi connectivity index (χ4n) is 2.98. The van der Waals surface area contributed by atoms with Crippen molar-refractivity contribution in [3.05, 3.63) is 89.5 Å². The first-order chi connectivity index (χ1) is 12.7. The van der Waals surface area contributed by atoms with Gasteiger partial charge in [-0.05, 0) is 57.2 Å². The second kappa shape index (κ2) is 10.3. The molecule has 0 unspecified atom stereocenters. The Hall–Kier alpha value is -0.521. The summed E-state index contributed by atoms with van der Waals surface area (Å²) in [5.74, 6) is 0. The molecule has 0 radical (unpaired) electrons. The SMILES string of the molecule is Cc1ccc([P+](C)(c2ccc(C)cc2)c2ccc(C)cc2)cc1.[Cl][Cu-]([Cl])[Cl]. The molecule has 5 heteroatoms. The van der Waals surface area contributed by atoms with Crippen molar-refractivity contribution in [2.75, 3.05) is 6.66 Å². The van der Waals surface area contributed by atoms with Gasteiger partial charge in [-0.2, -0.15) is 0 Å². The molecule has 3 aromatic carbocycles. The number of hydrogen-bond acceptors (Lipinski definition) is 0. The monoisotopic (exact) mass is 487 g/mol. The maximum atomic E-state index is 4.83. The molecule has 0 saturated carbocycles. The van der Waals surface area contributed by atoms with Crippen LogP contribution in [-0.2, 0) is 11.2 Å². The topological polar surface area (TPSA) is 0 Å². The third kappa shape index (κ3) is 6.23. The Labute approximate surface area is 180 Å². The van der Waals surface area contributed by atoms with Crippen molar-refractivity contribution in [3.63, 3.8) is 0 Å². The van der Waals surface area contributed by atoms with E-state index in [9.17, 15) is 0 Å². The van der Waals surface area contributed by atoms with Crippen molar-refractivity contribution in [2.45, 2.75) is 20.8 Å². The number of halogens is 3. The van der Waals surface area contributed by atoms with Gasteiger partial charge in [0.1, 0.15) is 23.2 Å². The molecule has 0 amide bonds. The fourth-order valence-corrected chi connectivity index (χ4v) is 6.11. The van der Waals surface area contributed by atoms with Crippen molar-refractivity contribution >= 4 is 53.5 Å². The van der Waals surface area contributed by atoms with Crippen LogP contribution in [0.5, 0.6) is 0 Å². The van der Waals surface area contributed by atoms with E-state index in [4.69, 9.17) is 30.3 Å². The van der Waals surface area contributed by atoms with Crippen molar-refractivity contribution in [1.82, 2.24) is 0 Å². The molecular weight excluding hydrogens is 465 g/mol. The summed E-state index contributed by atoms with van der Waals surface area (Å²) in [5, 5.41) is 4.32. The van der Waals surface area contributed by atoms with Gasteiger partial charge in [0.2, 0.25) is 0 Å². The number of rotatable bonds is 3. The van der Waals surface area contributed by atoms with Gasteiger partial charge in [-0.25, -0.2) is 0 Å². The first-order valence-corrected chi connectivity index (χ1v) is 14.5. The standard InChI is InChI=1S/C22H24P.3ClH.Cu/c1-17-5-11-20(12-6-17)23(4,21-13-7-18(2)8-14-21)22-15-9-19(3)10-16-22;;;;/h5-16H,1-4H3;3*1H;/q+1;;;;+2/p-3. The Balaban J connectivity index is 0.000000596. The molecule has 0 aliphatic rings. The Morgan fingerprint density at radius 3 is 0.889 bits per heavy atom. The first-order valence-electron chi connectivity index (χ1n) is 8.42. The second-order valence-corrected chi connectivity index (χ2v) is 14.9. The first kappa shape index (κ1) is 22.8. The molecule has 0 fully saturated rings. The van der Waals surface area contributed by atoms with Crippen LogP contribution < -0.4 is 15.9 Å². The molecule has 0 bridgehead atoms. The molecule has 0 spiro atoms. The van der Waals surface area contributed by atoms with Gasteiger partial charge in [0, 0.05) is 0 Å². The summed E-state index contributed by atoms with van der Waals surface area (Å²) in [5.41, 5.74) is 3.94. The average molecular weight is 489 g/mol. The van der Waals surface area contributed by atoms with Crippen LogP contribution in [0.2, 0.25) is 0 Å². The van der Waals surface area contributed by atoms with Gasteiger partial charge in [-0.3, -0.25) is 0 Å². The summed E-state index contributed by atoms with van der Waals surface area (Å²) in [6.45, 7) is 8.89. The van der Waals surface area contributed by atoms with E-state index in [-0.39, 0.29) is 0 Å². The molecule has 149 valence electrons. The molecule has 0 aliphatic carbocycles. The minimum atomic E-state index is -1.59. The number of hydrogen-bond donors (Lipinski definition) is 0. The van der Waals surface area contributed by atoms with Crippen LogP contribution in [0.4, 0.5) is 0 Å². The predicted octanol–water partition coefficient (Wildman–Crippen LogP) is 6.60. The second-order valence-electron chi connectivity index (χ2n) is 6.64. The van der Waals surface area contributed by atoms with Crippen LogP contribution in [-0.4, -0.2) is 6.66 Å². The zero-order chi connectivity index (χ0) is 20.0. The molecule has 0 aliphatic heterocycles. The summed E-state index contributed by atoms with van der Waals surface area (Å²) >= 11 is -0.896. The summed E-state index contributed by atoms with van der Waals surface area (Å²) in [6.07, 6.45) is 0. The van der Waals surface area contributed by atoms with Crippen molar-refractivity contribution in [1.29, 1.82) is 0 Å². The van der Waals surface area contributed by atoms with Crippen molar-refractivity contribution in [3.8, 4) is 0 Å². The average Bonchev–Trinajstić information content (AvgIpc) is 2.62. The van der Waals surface area contributed by atoms with Gasteiger partial charge < -0.3 is 0 Å². The van der Waals surface area contributed by atoms with Gasteiger partial charge in [0.05, 0.1) is 6.66 Å². The molecule has 3 rings (SSSR count). The van der Waals surface area contributed by atoms with E-state index in [0.717, 1.165) is 0 Å². The fraction of sp³-hybridized carbons (Fsp3) is 0.182. The Kier molecular flexibility index (Phi) is 8.69. The van der Waals surface area contributed by atoms with Crippen LogP contribution in [0.15, 0.2) is 72.8 Å². The van der Waals surface area contributed by atoms with Gasteiger partial charge in [-0.1, -0.05) is 53.1 Å². The summed E-state index contributed by atoms with van der Waals surface area (Å²) in [7, 11) is 12.9. The number of aryl methyl sites for hydroxylation is 3. The summed E-state index contributed by atoms with van der Waals surface area (Å²) in [6, 6.07) is 27.2. The maximum absolute atomic E-state index is 4.83. The molecular formula is C22H24Cl3CuP. The van der Waals surface area contributed by atoms with Crippen LogP contribution in [0.25, 0.3) is 0 Å². The van der Waals surface area contributed by atoms with E-state index in [0.29, 0.717) is 0 Å². The van der Waals surface area contributed by atoms with Gasteiger partial charge in [0.15, 0.2) is 0 Å². The van der Waals surface area contributed by atoms with Crippen molar-refractivity contribution in [2.24, 2.45) is 0 Å². The molecule has 0 aromatic heterocycles. The third-order valence-corrected chi connectivity index (χ3v) is 8.64. The minimum absolute atomic E-state index is 0.896. The van der Waals surface area contributed by atoms with Crippen LogP contribution >= 0.6 is 37.6 Å². The Morgan fingerprint density at radius 1 is 0.519 bits per heavy atom. The Morgan fingerprint density at radius 2 is 0.704 bits per heavy atom. The molecule has 27 heavy (non-hydrogen) atoms. The van der Waals surface area contributed by atoms with Crippen molar-refractivity contribution < 1.29 is 11.2 Å². The molecule has 0 saturated heterocycles. The van der Waals surface area contributed by atoms with Gasteiger partial charge in [0.25, 0.3) is 0 Å². The Bertz CT molecular complexity index is 731. The van der Waals surface area contributed by atoms with E-state index in [1.807, 2.05) is 0 Å². The van der Waals surface area contributed by atoms with Gasteiger partial charge >= 0.3 is 41.5 Å². The third-order valence-electron chi connectivity index (χ3n) is 4.65. The van der Waals surface area contributed by atoms with E-state index < -0.39 is 18.4 Å². The number of benzene rings is 3. The molecule has 0 atom stereocenters. The summed E-state index contributed by atoms with van der Waals surface area (Å²) < 4.78 is 0. The van der Waals surface area contributed by atoms with E-state index in [2.05, 4.69) is 100 Å². The van der Waals surface area contributed by atoms with E-state index in [1.54, 1.807) is 0 Å². The summed E-state index contributed by atoms with van der Waals surface area (Å²) in [4.78, 5) is 0. The van der Waals surface area contributed by atoms with Crippen LogP contribution in [0.1, 0.15) is 16.7 Å². The van der Waals surface area contributed by atoms with E-state index in [1.165, 1.54) is 32.6 Å².